The molecule has 0 bridgehead atoms. The van der Waals surface area contributed by atoms with Crippen molar-refractivity contribution in [2.45, 2.75) is 31.7 Å². The molecule has 76 valence electrons. The standard InChI is InChI=1S/C11H22N2/c1-12(2)8-9-13-7-6-10-4-3-5-11(10)13/h10-11H,3-9H2,1-2H3. The molecule has 0 amide bonds. The van der Waals surface area contributed by atoms with Crippen LogP contribution in [0.15, 0.2) is 0 Å². The lowest BCUT2D eigenvalue weighted by molar-refractivity contribution is 0.216. The first kappa shape index (κ1) is 9.47. The fourth-order valence-corrected chi connectivity index (χ4v) is 2.94. The Labute approximate surface area is 81.9 Å². The normalized spacial score (nSPS) is 34.4. The lowest BCUT2D eigenvalue weighted by Crippen LogP contribution is -2.35. The van der Waals surface area contributed by atoms with Crippen LogP contribution in [0, 0.1) is 5.92 Å². The maximum atomic E-state index is 2.72. The van der Waals surface area contributed by atoms with Gasteiger partial charge in [0.15, 0.2) is 0 Å². The van der Waals surface area contributed by atoms with Gasteiger partial charge >= 0.3 is 0 Å². The van der Waals surface area contributed by atoms with Crippen LogP contribution in [0.5, 0.6) is 0 Å². The van der Waals surface area contributed by atoms with Crippen molar-refractivity contribution in [3.63, 3.8) is 0 Å². The fraction of sp³-hybridized carbons (Fsp3) is 1.00. The molecule has 2 nitrogen and oxygen atoms in total. The molecule has 0 aromatic heterocycles. The van der Waals surface area contributed by atoms with Crippen LogP contribution in [0.25, 0.3) is 0 Å². The first-order valence-electron chi connectivity index (χ1n) is 5.66. The summed E-state index contributed by atoms with van der Waals surface area (Å²) in [6, 6.07) is 0.958. The Morgan fingerprint density at radius 3 is 2.85 bits per heavy atom. The van der Waals surface area contributed by atoms with Crippen molar-refractivity contribution in [3.05, 3.63) is 0 Å². The Bertz CT molecular complexity index is 167. The van der Waals surface area contributed by atoms with E-state index in [-0.39, 0.29) is 0 Å². The lowest BCUT2D eigenvalue weighted by atomic mass is 10.1. The van der Waals surface area contributed by atoms with Crippen LogP contribution in [0.4, 0.5) is 0 Å². The summed E-state index contributed by atoms with van der Waals surface area (Å²) < 4.78 is 0. The van der Waals surface area contributed by atoms with E-state index >= 15 is 0 Å². The van der Waals surface area contributed by atoms with Gasteiger partial charge in [0.25, 0.3) is 0 Å². The Morgan fingerprint density at radius 2 is 2.08 bits per heavy atom. The van der Waals surface area contributed by atoms with Gasteiger partial charge in [0, 0.05) is 19.1 Å². The van der Waals surface area contributed by atoms with Gasteiger partial charge in [-0.3, -0.25) is 4.90 Å². The molecule has 0 aromatic carbocycles. The average Bonchev–Trinajstić information content (AvgIpc) is 2.60. The molecule has 2 heteroatoms. The van der Waals surface area contributed by atoms with Gasteiger partial charge in [-0.2, -0.15) is 0 Å². The molecule has 0 N–H and O–H groups in total. The highest BCUT2D eigenvalue weighted by Crippen LogP contribution is 2.37. The van der Waals surface area contributed by atoms with Crippen molar-refractivity contribution in [1.29, 1.82) is 0 Å². The van der Waals surface area contributed by atoms with Crippen molar-refractivity contribution in [3.8, 4) is 0 Å². The van der Waals surface area contributed by atoms with Crippen molar-refractivity contribution < 1.29 is 0 Å². The zero-order valence-corrected chi connectivity index (χ0v) is 9.00. The van der Waals surface area contributed by atoms with Crippen LogP contribution in [-0.2, 0) is 0 Å². The Kier molecular flexibility index (Phi) is 2.89. The Morgan fingerprint density at radius 1 is 1.23 bits per heavy atom. The molecule has 0 radical (unpaired) electrons. The quantitative estimate of drug-likeness (QED) is 0.651. The zero-order chi connectivity index (χ0) is 9.26. The van der Waals surface area contributed by atoms with E-state index in [1.807, 2.05) is 0 Å². The number of hydrogen-bond acceptors (Lipinski definition) is 2. The Balaban J connectivity index is 1.80. The highest BCUT2D eigenvalue weighted by atomic mass is 15.2. The zero-order valence-electron chi connectivity index (χ0n) is 9.00. The van der Waals surface area contributed by atoms with E-state index in [0.717, 1.165) is 12.0 Å². The molecule has 1 aliphatic carbocycles. The van der Waals surface area contributed by atoms with Crippen molar-refractivity contribution in [2.75, 3.05) is 33.7 Å². The van der Waals surface area contributed by atoms with Gasteiger partial charge in [-0.25, -0.2) is 0 Å². The first-order chi connectivity index (χ1) is 6.27. The summed E-state index contributed by atoms with van der Waals surface area (Å²) in [5, 5.41) is 0. The van der Waals surface area contributed by atoms with Gasteiger partial charge in [0.2, 0.25) is 0 Å². The Hall–Kier alpha value is -0.0800. The number of rotatable bonds is 3. The number of hydrogen-bond donors (Lipinski definition) is 0. The highest BCUT2D eigenvalue weighted by molar-refractivity contribution is 4.91. The van der Waals surface area contributed by atoms with Crippen LogP contribution >= 0.6 is 0 Å². The van der Waals surface area contributed by atoms with E-state index in [1.165, 1.54) is 45.3 Å². The van der Waals surface area contributed by atoms with Crippen LogP contribution in [-0.4, -0.2) is 49.6 Å². The summed E-state index contributed by atoms with van der Waals surface area (Å²) in [7, 11) is 4.34. The molecule has 2 aliphatic rings. The molecule has 2 rings (SSSR count). The average molecular weight is 182 g/mol. The molecule has 0 spiro atoms. The molecule has 1 saturated heterocycles. The predicted octanol–water partition coefficient (Wildman–Crippen LogP) is 1.42. The molecular formula is C11H22N2. The summed E-state index contributed by atoms with van der Waals surface area (Å²) in [4.78, 5) is 5.01. The van der Waals surface area contributed by atoms with E-state index in [4.69, 9.17) is 0 Å². The summed E-state index contributed by atoms with van der Waals surface area (Å²) >= 11 is 0. The van der Waals surface area contributed by atoms with Gasteiger partial charge < -0.3 is 4.90 Å². The molecule has 13 heavy (non-hydrogen) atoms. The molecule has 2 unspecified atom stereocenters. The van der Waals surface area contributed by atoms with E-state index in [0.29, 0.717) is 0 Å². The summed E-state index contributed by atoms with van der Waals surface area (Å²) in [6.45, 7) is 3.88. The van der Waals surface area contributed by atoms with Gasteiger partial charge in [-0.1, -0.05) is 6.42 Å². The summed E-state index contributed by atoms with van der Waals surface area (Å²) in [6.07, 6.45) is 5.92. The van der Waals surface area contributed by atoms with Crippen LogP contribution in [0.1, 0.15) is 25.7 Å². The maximum Gasteiger partial charge on any atom is 0.0124 e. The minimum atomic E-state index is 0.958. The monoisotopic (exact) mass is 182 g/mol. The summed E-state index contributed by atoms with van der Waals surface area (Å²) in [5.41, 5.74) is 0. The van der Waals surface area contributed by atoms with Crippen LogP contribution in [0.2, 0.25) is 0 Å². The number of likely N-dealkylation sites (tertiary alicyclic amines) is 1. The highest BCUT2D eigenvalue weighted by Gasteiger charge is 2.36. The van der Waals surface area contributed by atoms with Crippen molar-refractivity contribution >= 4 is 0 Å². The minimum absolute atomic E-state index is 0.958. The van der Waals surface area contributed by atoms with E-state index in [2.05, 4.69) is 23.9 Å². The minimum Gasteiger partial charge on any atom is -0.308 e. The lowest BCUT2D eigenvalue weighted by Gasteiger charge is -2.24. The number of likely N-dealkylation sites (N-methyl/N-ethyl adjacent to an activating group) is 1. The van der Waals surface area contributed by atoms with Crippen molar-refractivity contribution in [2.24, 2.45) is 5.92 Å². The molecule has 2 fully saturated rings. The van der Waals surface area contributed by atoms with Crippen LogP contribution in [0.3, 0.4) is 0 Å². The van der Waals surface area contributed by atoms with Crippen molar-refractivity contribution in [1.82, 2.24) is 9.80 Å². The second-order valence-corrected chi connectivity index (χ2v) is 4.89. The summed E-state index contributed by atoms with van der Waals surface area (Å²) in [5.74, 6) is 1.06. The number of nitrogens with zero attached hydrogens (tertiary/aromatic N) is 2. The molecule has 2 atom stereocenters. The van der Waals surface area contributed by atoms with E-state index in [9.17, 15) is 0 Å². The second-order valence-electron chi connectivity index (χ2n) is 4.89. The molecule has 1 aliphatic heterocycles. The SMILES string of the molecule is CN(C)CCN1CCC2CCCC21. The smallest absolute Gasteiger partial charge is 0.0124 e. The molecule has 0 aromatic rings. The van der Waals surface area contributed by atoms with E-state index in [1.54, 1.807) is 0 Å². The third-order valence-corrected chi connectivity index (χ3v) is 3.71. The van der Waals surface area contributed by atoms with Gasteiger partial charge in [0.1, 0.15) is 0 Å². The third kappa shape index (κ3) is 2.05. The van der Waals surface area contributed by atoms with Gasteiger partial charge in [-0.15, -0.1) is 0 Å². The predicted molar refractivity (Wildman–Crippen MR) is 55.9 cm³/mol. The third-order valence-electron chi connectivity index (χ3n) is 3.71. The van der Waals surface area contributed by atoms with Gasteiger partial charge in [0.05, 0.1) is 0 Å². The number of fused-ring (bicyclic) bond motifs is 1. The molecular weight excluding hydrogens is 160 g/mol. The maximum absolute atomic E-state index is 2.72. The largest absolute Gasteiger partial charge is 0.308 e. The van der Waals surface area contributed by atoms with E-state index < -0.39 is 0 Å². The molecule has 1 heterocycles. The second kappa shape index (κ2) is 3.97. The molecule has 1 saturated carbocycles. The van der Waals surface area contributed by atoms with Crippen LogP contribution < -0.4 is 0 Å². The fourth-order valence-electron chi connectivity index (χ4n) is 2.94. The first-order valence-corrected chi connectivity index (χ1v) is 5.66. The van der Waals surface area contributed by atoms with Gasteiger partial charge in [-0.05, 0) is 45.8 Å². The topological polar surface area (TPSA) is 6.48 Å².